The normalized spacial score (nSPS) is 20.0. The van der Waals surface area contributed by atoms with E-state index in [1.54, 1.807) is 0 Å². The van der Waals surface area contributed by atoms with Gasteiger partial charge in [0.25, 0.3) is 0 Å². The molecule has 1 saturated heterocycles. The molecule has 100 valence electrons. The first-order chi connectivity index (χ1) is 7.79. The monoisotopic (exact) mass is 241 g/mol. The van der Waals surface area contributed by atoms with E-state index in [0.717, 1.165) is 25.3 Å². The van der Waals surface area contributed by atoms with Crippen LogP contribution in [0.2, 0.25) is 0 Å². The summed E-state index contributed by atoms with van der Waals surface area (Å²) in [7, 11) is 0. The summed E-state index contributed by atoms with van der Waals surface area (Å²) >= 11 is 0. The van der Waals surface area contributed by atoms with Crippen molar-refractivity contribution in [3.63, 3.8) is 0 Å². The molecule has 1 rings (SSSR count). The Kier molecular flexibility index (Phi) is 4.99. The number of carboxylic acid groups (broad SMARTS) is 1. The lowest BCUT2D eigenvalue weighted by Crippen LogP contribution is -2.46. The summed E-state index contributed by atoms with van der Waals surface area (Å²) in [4.78, 5) is 13.1. The van der Waals surface area contributed by atoms with Gasteiger partial charge in [-0.15, -0.1) is 0 Å². The van der Waals surface area contributed by atoms with Crippen molar-refractivity contribution in [2.24, 2.45) is 17.3 Å². The standard InChI is InChI=1S/C14H27NO2/c1-11-9-15(10-11)8-7-12(14(2,3)4)5-6-13(16)17/h11-12H,5-10H2,1-4H3,(H,16,17). The lowest BCUT2D eigenvalue weighted by molar-refractivity contribution is -0.137. The van der Waals surface area contributed by atoms with Crippen LogP contribution in [0.5, 0.6) is 0 Å². The molecular weight excluding hydrogens is 214 g/mol. The van der Waals surface area contributed by atoms with Crippen LogP contribution in [-0.2, 0) is 4.79 Å². The maximum absolute atomic E-state index is 10.7. The third kappa shape index (κ3) is 5.07. The van der Waals surface area contributed by atoms with Crippen molar-refractivity contribution in [2.45, 2.75) is 47.0 Å². The maximum Gasteiger partial charge on any atom is 0.303 e. The molecule has 0 aromatic heterocycles. The quantitative estimate of drug-likeness (QED) is 0.777. The zero-order valence-electron chi connectivity index (χ0n) is 11.7. The molecule has 1 heterocycles. The number of likely N-dealkylation sites (tertiary alicyclic amines) is 1. The van der Waals surface area contributed by atoms with Crippen molar-refractivity contribution in [1.82, 2.24) is 4.90 Å². The molecule has 1 unspecified atom stereocenters. The van der Waals surface area contributed by atoms with Crippen molar-refractivity contribution >= 4 is 5.97 Å². The number of rotatable bonds is 6. The minimum atomic E-state index is -0.670. The highest BCUT2D eigenvalue weighted by molar-refractivity contribution is 5.66. The van der Waals surface area contributed by atoms with Crippen LogP contribution in [0.1, 0.15) is 47.0 Å². The molecule has 0 aromatic carbocycles. The Bertz CT molecular complexity index is 251. The van der Waals surface area contributed by atoms with Crippen LogP contribution in [-0.4, -0.2) is 35.6 Å². The fourth-order valence-electron chi connectivity index (χ4n) is 2.66. The topological polar surface area (TPSA) is 40.5 Å². The third-order valence-corrected chi connectivity index (χ3v) is 3.86. The molecule has 3 heteroatoms. The molecule has 3 nitrogen and oxygen atoms in total. The summed E-state index contributed by atoms with van der Waals surface area (Å²) in [5.41, 5.74) is 0.214. The van der Waals surface area contributed by atoms with Crippen LogP contribution in [0.25, 0.3) is 0 Å². The Morgan fingerprint density at radius 2 is 1.94 bits per heavy atom. The molecule has 17 heavy (non-hydrogen) atoms. The predicted octanol–water partition coefficient (Wildman–Crippen LogP) is 2.86. The van der Waals surface area contributed by atoms with Crippen molar-refractivity contribution < 1.29 is 9.90 Å². The van der Waals surface area contributed by atoms with Crippen LogP contribution in [0.15, 0.2) is 0 Å². The van der Waals surface area contributed by atoms with E-state index in [2.05, 4.69) is 32.6 Å². The largest absolute Gasteiger partial charge is 0.481 e. The minimum Gasteiger partial charge on any atom is -0.481 e. The zero-order valence-corrected chi connectivity index (χ0v) is 11.7. The third-order valence-electron chi connectivity index (χ3n) is 3.86. The maximum atomic E-state index is 10.7. The molecule has 1 atom stereocenters. The fourth-order valence-corrected chi connectivity index (χ4v) is 2.66. The summed E-state index contributed by atoms with van der Waals surface area (Å²) in [6.45, 7) is 12.5. The molecule has 0 saturated carbocycles. The van der Waals surface area contributed by atoms with Gasteiger partial charge < -0.3 is 10.0 Å². The van der Waals surface area contributed by atoms with Gasteiger partial charge in [-0.05, 0) is 36.6 Å². The molecule has 0 amide bonds. The van der Waals surface area contributed by atoms with E-state index < -0.39 is 5.97 Å². The van der Waals surface area contributed by atoms with Gasteiger partial charge in [-0.3, -0.25) is 4.79 Å². The highest BCUT2D eigenvalue weighted by Gasteiger charge is 2.28. The van der Waals surface area contributed by atoms with Crippen molar-refractivity contribution in [2.75, 3.05) is 19.6 Å². The summed E-state index contributed by atoms with van der Waals surface area (Å²) in [5, 5.41) is 8.79. The van der Waals surface area contributed by atoms with Crippen LogP contribution in [0, 0.1) is 17.3 Å². The Balaban J connectivity index is 2.33. The first-order valence-corrected chi connectivity index (χ1v) is 6.73. The smallest absolute Gasteiger partial charge is 0.303 e. The number of hydrogen-bond donors (Lipinski definition) is 1. The SMILES string of the molecule is CC1CN(CCC(CCC(=O)O)C(C)(C)C)C1. The second-order valence-corrected chi connectivity index (χ2v) is 6.65. The molecule has 1 aliphatic heterocycles. The summed E-state index contributed by atoms with van der Waals surface area (Å²) < 4.78 is 0. The van der Waals surface area contributed by atoms with Crippen LogP contribution in [0.3, 0.4) is 0 Å². The van der Waals surface area contributed by atoms with Crippen molar-refractivity contribution in [3.05, 3.63) is 0 Å². The first kappa shape index (κ1) is 14.5. The average molecular weight is 241 g/mol. The highest BCUT2D eigenvalue weighted by Crippen LogP contribution is 2.33. The van der Waals surface area contributed by atoms with E-state index in [-0.39, 0.29) is 5.41 Å². The van der Waals surface area contributed by atoms with Crippen molar-refractivity contribution in [1.29, 1.82) is 0 Å². The number of aliphatic carboxylic acids is 1. The van der Waals surface area contributed by atoms with Gasteiger partial charge in [0.2, 0.25) is 0 Å². The van der Waals surface area contributed by atoms with Gasteiger partial charge in [0, 0.05) is 19.5 Å². The van der Waals surface area contributed by atoms with Crippen molar-refractivity contribution in [3.8, 4) is 0 Å². The fraction of sp³-hybridized carbons (Fsp3) is 0.929. The molecule has 0 bridgehead atoms. The number of nitrogens with zero attached hydrogens (tertiary/aromatic N) is 1. The average Bonchev–Trinajstić information content (AvgIpc) is 2.11. The summed E-state index contributed by atoms with van der Waals surface area (Å²) in [6, 6.07) is 0. The van der Waals surface area contributed by atoms with Crippen LogP contribution in [0.4, 0.5) is 0 Å². The van der Waals surface area contributed by atoms with Gasteiger partial charge in [0.05, 0.1) is 0 Å². The summed E-state index contributed by atoms with van der Waals surface area (Å²) in [5.74, 6) is 0.688. The molecular formula is C14H27NO2. The molecule has 1 fully saturated rings. The van der Waals surface area contributed by atoms with Gasteiger partial charge in [-0.2, -0.15) is 0 Å². The molecule has 0 spiro atoms. The van der Waals surface area contributed by atoms with E-state index in [9.17, 15) is 4.79 Å². The second kappa shape index (κ2) is 5.85. The molecule has 0 aromatic rings. The minimum absolute atomic E-state index is 0.214. The van der Waals surface area contributed by atoms with Gasteiger partial charge in [-0.25, -0.2) is 0 Å². The van der Waals surface area contributed by atoms with Crippen LogP contribution >= 0.6 is 0 Å². The number of hydrogen-bond acceptors (Lipinski definition) is 2. The number of carboxylic acids is 1. The molecule has 1 aliphatic rings. The van der Waals surface area contributed by atoms with Gasteiger partial charge in [0.15, 0.2) is 0 Å². The van der Waals surface area contributed by atoms with E-state index in [0.29, 0.717) is 12.3 Å². The van der Waals surface area contributed by atoms with Gasteiger partial charge >= 0.3 is 5.97 Å². The lowest BCUT2D eigenvalue weighted by Gasteiger charge is -2.39. The number of carbonyl (C=O) groups is 1. The predicted molar refractivity (Wildman–Crippen MR) is 70.0 cm³/mol. The molecule has 0 aliphatic carbocycles. The Morgan fingerprint density at radius 1 is 1.35 bits per heavy atom. The highest BCUT2D eigenvalue weighted by atomic mass is 16.4. The van der Waals surface area contributed by atoms with E-state index >= 15 is 0 Å². The van der Waals surface area contributed by atoms with Crippen LogP contribution < -0.4 is 0 Å². The van der Waals surface area contributed by atoms with E-state index in [4.69, 9.17) is 5.11 Å². The first-order valence-electron chi connectivity index (χ1n) is 6.73. The second-order valence-electron chi connectivity index (χ2n) is 6.65. The Labute approximate surface area is 105 Å². The van der Waals surface area contributed by atoms with E-state index in [1.807, 2.05) is 0 Å². The zero-order chi connectivity index (χ0) is 13.1. The Hall–Kier alpha value is -0.570. The molecule has 0 radical (unpaired) electrons. The summed E-state index contributed by atoms with van der Waals surface area (Å²) in [6.07, 6.45) is 2.24. The lowest BCUT2D eigenvalue weighted by atomic mass is 9.76. The van der Waals surface area contributed by atoms with Gasteiger partial charge in [-0.1, -0.05) is 27.7 Å². The Morgan fingerprint density at radius 3 is 2.35 bits per heavy atom. The molecule has 1 N–H and O–H groups in total. The van der Waals surface area contributed by atoms with E-state index in [1.165, 1.54) is 13.1 Å². The van der Waals surface area contributed by atoms with Gasteiger partial charge in [0.1, 0.15) is 0 Å².